The summed E-state index contributed by atoms with van der Waals surface area (Å²) in [5, 5.41) is 0.876. The van der Waals surface area contributed by atoms with E-state index in [1.165, 1.54) is 17.5 Å². The molecule has 0 saturated carbocycles. The van der Waals surface area contributed by atoms with E-state index in [1.54, 1.807) is 18.0 Å². The maximum Gasteiger partial charge on any atom is 0.242 e. The lowest BCUT2D eigenvalue weighted by molar-refractivity contribution is -0.134. The van der Waals surface area contributed by atoms with E-state index < -0.39 is 0 Å². The van der Waals surface area contributed by atoms with Crippen molar-refractivity contribution in [1.29, 1.82) is 0 Å². The number of nitrogens with zero attached hydrogens (tertiary/aromatic N) is 4. The highest BCUT2D eigenvalue weighted by atomic mass is 32.2. The van der Waals surface area contributed by atoms with Crippen molar-refractivity contribution in [2.75, 3.05) is 13.1 Å². The molecule has 1 saturated heterocycles. The van der Waals surface area contributed by atoms with E-state index in [-0.39, 0.29) is 5.91 Å². The molecule has 152 valence electrons. The lowest BCUT2D eigenvalue weighted by Gasteiger charge is -2.35. The van der Waals surface area contributed by atoms with Crippen molar-refractivity contribution in [3.8, 4) is 0 Å². The largest absolute Gasteiger partial charge is 0.341 e. The molecule has 29 heavy (non-hydrogen) atoms. The number of benzene rings is 1. The normalized spacial score (nSPS) is 19.6. The molecule has 2 aromatic heterocycles. The summed E-state index contributed by atoms with van der Waals surface area (Å²) in [6, 6.07) is 10.4. The van der Waals surface area contributed by atoms with E-state index in [2.05, 4.69) is 50.0 Å². The van der Waals surface area contributed by atoms with Crippen molar-refractivity contribution in [2.45, 2.75) is 44.6 Å². The van der Waals surface area contributed by atoms with Crippen LogP contribution >= 0.6 is 11.8 Å². The SMILES string of the molecule is Cc1cccc(CSc2nc3ccncc3n2CC(=O)N2C[C@H](C)C[C@@H](C)C2)c1. The molecular weight excluding hydrogens is 380 g/mol. The van der Waals surface area contributed by atoms with Crippen molar-refractivity contribution in [2.24, 2.45) is 11.8 Å². The molecule has 0 radical (unpaired) electrons. The maximum absolute atomic E-state index is 13.1. The van der Waals surface area contributed by atoms with Gasteiger partial charge in [-0.2, -0.15) is 0 Å². The van der Waals surface area contributed by atoms with Crippen LogP contribution < -0.4 is 0 Å². The quantitative estimate of drug-likeness (QED) is 0.582. The number of aromatic nitrogens is 3. The Labute approximate surface area is 176 Å². The monoisotopic (exact) mass is 408 g/mol. The molecule has 3 aromatic rings. The van der Waals surface area contributed by atoms with Crippen LogP contribution in [-0.4, -0.2) is 38.4 Å². The van der Waals surface area contributed by atoms with E-state index >= 15 is 0 Å². The Balaban J connectivity index is 1.57. The summed E-state index contributed by atoms with van der Waals surface area (Å²) in [6.07, 6.45) is 4.76. The zero-order chi connectivity index (χ0) is 20.4. The third kappa shape index (κ3) is 4.64. The molecule has 3 heterocycles. The number of fused-ring (bicyclic) bond motifs is 1. The Morgan fingerprint density at radius 3 is 2.76 bits per heavy atom. The van der Waals surface area contributed by atoms with Gasteiger partial charge in [-0.3, -0.25) is 9.78 Å². The highest BCUT2D eigenvalue weighted by Gasteiger charge is 2.26. The Morgan fingerprint density at radius 1 is 1.21 bits per heavy atom. The summed E-state index contributed by atoms with van der Waals surface area (Å²) >= 11 is 1.68. The van der Waals surface area contributed by atoms with Gasteiger partial charge < -0.3 is 9.47 Å². The number of rotatable bonds is 5. The molecule has 0 spiro atoms. The number of thioether (sulfide) groups is 1. The molecule has 6 heteroatoms. The van der Waals surface area contributed by atoms with Crippen molar-refractivity contribution >= 4 is 28.7 Å². The number of hydrogen-bond acceptors (Lipinski definition) is 4. The number of amides is 1. The molecule has 0 bridgehead atoms. The van der Waals surface area contributed by atoms with Gasteiger partial charge in [-0.25, -0.2) is 4.98 Å². The van der Waals surface area contributed by atoms with Crippen LogP contribution in [0.15, 0.2) is 47.9 Å². The first-order chi connectivity index (χ1) is 14.0. The fraction of sp³-hybridized carbons (Fsp3) is 0.435. The van der Waals surface area contributed by atoms with Gasteiger partial charge in [0, 0.05) is 25.0 Å². The summed E-state index contributed by atoms with van der Waals surface area (Å²) in [6.45, 7) is 8.58. The first-order valence-corrected chi connectivity index (χ1v) is 11.2. The fourth-order valence-electron chi connectivity index (χ4n) is 4.26. The molecule has 1 fully saturated rings. The third-order valence-electron chi connectivity index (χ3n) is 5.48. The van der Waals surface area contributed by atoms with Crippen molar-refractivity contribution < 1.29 is 4.79 Å². The van der Waals surface area contributed by atoms with E-state index in [4.69, 9.17) is 4.98 Å². The van der Waals surface area contributed by atoms with E-state index in [0.29, 0.717) is 18.4 Å². The maximum atomic E-state index is 13.1. The van der Waals surface area contributed by atoms with Crippen LogP contribution in [0.4, 0.5) is 0 Å². The second-order valence-corrected chi connectivity index (χ2v) is 9.31. The van der Waals surface area contributed by atoms with Gasteiger partial charge in [0.1, 0.15) is 6.54 Å². The van der Waals surface area contributed by atoms with E-state index in [0.717, 1.165) is 35.0 Å². The molecule has 1 aliphatic rings. The molecular formula is C23H28N4OS. The average molecular weight is 409 g/mol. The molecule has 1 amide bonds. The summed E-state index contributed by atoms with van der Waals surface area (Å²) in [7, 11) is 0. The second kappa shape index (κ2) is 8.57. The van der Waals surface area contributed by atoms with Gasteiger partial charge >= 0.3 is 0 Å². The smallest absolute Gasteiger partial charge is 0.242 e. The molecule has 0 N–H and O–H groups in total. The van der Waals surface area contributed by atoms with Crippen LogP contribution in [0.5, 0.6) is 0 Å². The minimum Gasteiger partial charge on any atom is -0.341 e. The van der Waals surface area contributed by atoms with Crippen LogP contribution in [0.25, 0.3) is 11.0 Å². The Kier molecular flexibility index (Phi) is 5.90. The number of hydrogen-bond donors (Lipinski definition) is 0. The molecule has 1 aromatic carbocycles. The van der Waals surface area contributed by atoms with E-state index in [9.17, 15) is 4.79 Å². The summed E-state index contributed by atoms with van der Waals surface area (Å²) < 4.78 is 2.04. The van der Waals surface area contributed by atoms with Gasteiger partial charge in [-0.05, 0) is 36.8 Å². The Bertz CT molecular complexity index is 1010. The van der Waals surface area contributed by atoms with Gasteiger partial charge in [-0.1, -0.05) is 55.4 Å². The number of pyridine rings is 1. The fourth-order valence-corrected chi connectivity index (χ4v) is 5.22. The predicted octanol–water partition coefficient (Wildman–Crippen LogP) is 4.54. The van der Waals surface area contributed by atoms with Gasteiger partial charge in [0.2, 0.25) is 5.91 Å². The second-order valence-electron chi connectivity index (χ2n) is 8.37. The molecule has 4 rings (SSSR count). The van der Waals surface area contributed by atoms with Gasteiger partial charge in [0.05, 0.1) is 17.2 Å². The van der Waals surface area contributed by atoms with Gasteiger partial charge in [0.25, 0.3) is 0 Å². The highest BCUT2D eigenvalue weighted by Crippen LogP contribution is 2.28. The van der Waals surface area contributed by atoms with Crippen LogP contribution in [0.2, 0.25) is 0 Å². The molecule has 2 atom stereocenters. The van der Waals surface area contributed by atoms with Crippen molar-refractivity contribution in [3.05, 3.63) is 53.9 Å². The number of aryl methyl sites for hydroxylation is 1. The Morgan fingerprint density at radius 2 is 2.00 bits per heavy atom. The van der Waals surface area contributed by atoms with Crippen LogP contribution in [0.1, 0.15) is 31.4 Å². The van der Waals surface area contributed by atoms with E-state index in [1.807, 2.05) is 21.7 Å². The number of carbonyl (C=O) groups excluding carboxylic acids is 1. The number of carbonyl (C=O) groups is 1. The van der Waals surface area contributed by atoms with Crippen LogP contribution in [0.3, 0.4) is 0 Å². The summed E-state index contributed by atoms with van der Waals surface area (Å²) in [5.41, 5.74) is 4.33. The minimum atomic E-state index is 0.170. The van der Waals surface area contributed by atoms with Gasteiger partial charge in [-0.15, -0.1) is 0 Å². The lowest BCUT2D eigenvalue weighted by atomic mass is 9.92. The highest BCUT2D eigenvalue weighted by molar-refractivity contribution is 7.98. The number of likely N-dealkylation sites (tertiary alicyclic amines) is 1. The average Bonchev–Trinajstić information content (AvgIpc) is 3.03. The zero-order valence-electron chi connectivity index (χ0n) is 17.3. The zero-order valence-corrected chi connectivity index (χ0v) is 18.2. The van der Waals surface area contributed by atoms with Crippen molar-refractivity contribution in [1.82, 2.24) is 19.4 Å². The van der Waals surface area contributed by atoms with Crippen LogP contribution in [0, 0.1) is 18.8 Å². The minimum absolute atomic E-state index is 0.170. The van der Waals surface area contributed by atoms with Gasteiger partial charge in [0.15, 0.2) is 5.16 Å². The summed E-state index contributed by atoms with van der Waals surface area (Å²) in [4.78, 5) is 24.2. The van der Waals surface area contributed by atoms with Crippen molar-refractivity contribution in [3.63, 3.8) is 0 Å². The first kappa shape index (κ1) is 20.0. The first-order valence-electron chi connectivity index (χ1n) is 10.3. The Hall–Kier alpha value is -2.34. The summed E-state index contributed by atoms with van der Waals surface area (Å²) in [5.74, 6) is 2.10. The molecule has 5 nitrogen and oxygen atoms in total. The van der Waals surface area contributed by atoms with Crippen LogP contribution in [-0.2, 0) is 17.1 Å². The predicted molar refractivity (Wildman–Crippen MR) is 118 cm³/mol. The standard InChI is InChI=1S/C23H28N4OS/c1-16-5-4-6-19(10-16)15-29-23-25-20-7-8-24-11-21(20)27(23)14-22(28)26-12-17(2)9-18(3)13-26/h4-8,10-11,17-18H,9,12-15H2,1-3H3/t17-,18-/m1/s1. The lowest BCUT2D eigenvalue weighted by Crippen LogP contribution is -2.44. The number of imidazole rings is 1. The molecule has 1 aliphatic heterocycles. The molecule has 0 aliphatic carbocycles. The number of piperidine rings is 1. The topological polar surface area (TPSA) is 51.0 Å². The third-order valence-corrected chi connectivity index (χ3v) is 6.53. The molecule has 0 unspecified atom stereocenters.